The van der Waals surface area contributed by atoms with Crippen LogP contribution in [0.15, 0.2) is 36.5 Å². The summed E-state index contributed by atoms with van der Waals surface area (Å²) in [4.78, 5) is 14.3. The van der Waals surface area contributed by atoms with E-state index in [9.17, 15) is 4.79 Å². The predicted octanol–water partition coefficient (Wildman–Crippen LogP) is 2.32. The number of benzene rings is 1. The number of ether oxygens (including phenoxy) is 2. The van der Waals surface area contributed by atoms with Crippen LogP contribution in [-0.4, -0.2) is 18.5 Å². The largest absolute Gasteiger partial charge is 0.495 e. The minimum absolute atomic E-state index is 0.369. The van der Waals surface area contributed by atoms with Gasteiger partial charge in [-0.1, -0.05) is 0 Å². The van der Waals surface area contributed by atoms with Gasteiger partial charge in [-0.2, -0.15) is 5.26 Å². The predicted molar refractivity (Wildman–Crippen MR) is 71.7 cm³/mol. The van der Waals surface area contributed by atoms with Crippen molar-refractivity contribution in [2.45, 2.75) is 0 Å². The fourth-order valence-corrected chi connectivity index (χ4v) is 1.54. The van der Waals surface area contributed by atoms with Gasteiger partial charge in [-0.3, -0.25) is 4.79 Å². The van der Waals surface area contributed by atoms with Gasteiger partial charge in [-0.25, -0.2) is 4.98 Å². The average molecular weight is 269 g/mol. The Kier molecular flexibility index (Phi) is 4.14. The van der Waals surface area contributed by atoms with Gasteiger partial charge in [0.05, 0.1) is 24.6 Å². The van der Waals surface area contributed by atoms with E-state index in [0.717, 1.165) is 0 Å². The molecule has 0 aliphatic carbocycles. The van der Waals surface area contributed by atoms with Gasteiger partial charge in [-0.15, -0.1) is 0 Å². The van der Waals surface area contributed by atoms with E-state index in [1.165, 1.54) is 13.3 Å². The number of nitrogens with one attached hydrogen (secondary N) is 1. The molecule has 0 bridgehead atoms. The smallest absolute Gasteiger partial charge is 0.219 e. The van der Waals surface area contributed by atoms with Crippen molar-refractivity contribution in [3.8, 4) is 23.4 Å². The Morgan fingerprint density at radius 2 is 2.20 bits per heavy atom. The zero-order chi connectivity index (χ0) is 14.4. The number of nitrogens with zero attached hydrogens (tertiary/aromatic N) is 2. The van der Waals surface area contributed by atoms with E-state index in [1.807, 2.05) is 6.07 Å². The van der Waals surface area contributed by atoms with Crippen molar-refractivity contribution >= 4 is 12.1 Å². The Morgan fingerprint density at radius 1 is 1.35 bits per heavy atom. The minimum atomic E-state index is 0.369. The molecule has 0 fully saturated rings. The Balaban J connectivity index is 2.17. The molecule has 1 aromatic heterocycles. The molecule has 2 rings (SSSR count). The van der Waals surface area contributed by atoms with Crippen LogP contribution in [0.25, 0.3) is 0 Å². The molecule has 6 nitrogen and oxygen atoms in total. The molecule has 0 saturated carbocycles. The van der Waals surface area contributed by atoms with Gasteiger partial charge in [0.2, 0.25) is 12.3 Å². The monoisotopic (exact) mass is 269 g/mol. The molecule has 1 aromatic carbocycles. The molecule has 20 heavy (non-hydrogen) atoms. The maximum absolute atomic E-state index is 10.3. The number of hydrogen-bond acceptors (Lipinski definition) is 5. The molecule has 0 aliphatic heterocycles. The SMILES string of the molecule is COc1cc(Oc2ccc(NC=O)cn2)ccc1C#N. The number of anilines is 1. The van der Waals surface area contributed by atoms with Crippen molar-refractivity contribution in [2.24, 2.45) is 0 Å². The summed E-state index contributed by atoms with van der Waals surface area (Å²) in [6.45, 7) is 0. The molecule has 1 N–H and O–H groups in total. The third-order valence-electron chi connectivity index (χ3n) is 2.48. The van der Waals surface area contributed by atoms with Gasteiger partial charge in [0.25, 0.3) is 0 Å². The van der Waals surface area contributed by atoms with Crippen LogP contribution in [-0.2, 0) is 4.79 Å². The summed E-state index contributed by atoms with van der Waals surface area (Å²) in [6.07, 6.45) is 2.05. The van der Waals surface area contributed by atoms with Gasteiger partial charge < -0.3 is 14.8 Å². The van der Waals surface area contributed by atoms with Gasteiger partial charge in [0.15, 0.2) is 0 Å². The summed E-state index contributed by atoms with van der Waals surface area (Å²) in [6, 6.07) is 10.2. The van der Waals surface area contributed by atoms with Crippen LogP contribution in [0, 0.1) is 11.3 Å². The molecular formula is C14H11N3O3. The van der Waals surface area contributed by atoms with Crippen LogP contribution < -0.4 is 14.8 Å². The van der Waals surface area contributed by atoms with Crippen LogP contribution in [0.5, 0.6) is 17.4 Å². The number of rotatable bonds is 5. The van der Waals surface area contributed by atoms with Crippen LogP contribution >= 0.6 is 0 Å². The highest BCUT2D eigenvalue weighted by Crippen LogP contribution is 2.27. The Morgan fingerprint density at radius 3 is 2.80 bits per heavy atom. The van der Waals surface area contributed by atoms with Crippen LogP contribution in [0.2, 0.25) is 0 Å². The fourth-order valence-electron chi connectivity index (χ4n) is 1.54. The summed E-state index contributed by atoms with van der Waals surface area (Å²) in [5.41, 5.74) is 1.00. The van der Waals surface area contributed by atoms with Crippen LogP contribution in [0.4, 0.5) is 5.69 Å². The van der Waals surface area contributed by atoms with Crippen molar-refractivity contribution in [3.63, 3.8) is 0 Å². The first-order valence-electron chi connectivity index (χ1n) is 5.69. The van der Waals surface area contributed by atoms with Crippen molar-refractivity contribution in [2.75, 3.05) is 12.4 Å². The Hall–Kier alpha value is -3.07. The van der Waals surface area contributed by atoms with Crippen molar-refractivity contribution in [1.29, 1.82) is 5.26 Å². The maximum Gasteiger partial charge on any atom is 0.219 e. The average Bonchev–Trinajstić information content (AvgIpc) is 2.49. The highest BCUT2D eigenvalue weighted by molar-refractivity contribution is 5.70. The van der Waals surface area contributed by atoms with Gasteiger partial charge in [-0.05, 0) is 18.2 Å². The molecule has 0 atom stereocenters. The first-order chi connectivity index (χ1) is 9.76. The molecule has 2 aromatic rings. The number of pyridine rings is 1. The first kappa shape index (κ1) is 13.4. The number of carbonyl (C=O) groups excluding carboxylic acids is 1. The third kappa shape index (κ3) is 3.03. The first-order valence-corrected chi connectivity index (χ1v) is 5.69. The zero-order valence-corrected chi connectivity index (χ0v) is 10.7. The lowest BCUT2D eigenvalue weighted by molar-refractivity contribution is -0.105. The summed E-state index contributed by atoms with van der Waals surface area (Å²) in [5, 5.41) is 11.4. The maximum atomic E-state index is 10.3. The second kappa shape index (κ2) is 6.20. The van der Waals surface area contributed by atoms with Gasteiger partial charge in [0, 0.05) is 12.1 Å². The normalized spacial score (nSPS) is 9.40. The minimum Gasteiger partial charge on any atom is -0.495 e. The second-order valence-electron chi connectivity index (χ2n) is 3.72. The van der Waals surface area contributed by atoms with Crippen molar-refractivity contribution < 1.29 is 14.3 Å². The quantitative estimate of drug-likeness (QED) is 0.842. The van der Waals surface area contributed by atoms with E-state index in [4.69, 9.17) is 14.7 Å². The van der Waals surface area contributed by atoms with Crippen molar-refractivity contribution in [1.82, 2.24) is 4.98 Å². The molecule has 0 unspecified atom stereocenters. The molecule has 6 heteroatoms. The summed E-state index contributed by atoms with van der Waals surface area (Å²) < 4.78 is 10.6. The lowest BCUT2D eigenvalue weighted by atomic mass is 10.2. The van der Waals surface area contributed by atoms with Crippen molar-refractivity contribution in [3.05, 3.63) is 42.1 Å². The molecule has 1 heterocycles. The molecule has 0 spiro atoms. The lowest BCUT2D eigenvalue weighted by Gasteiger charge is -2.08. The lowest BCUT2D eigenvalue weighted by Crippen LogP contribution is -1.95. The van der Waals surface area contributed by atoms with Gasteiger partial charge in [0.1, 0.15) is 17.6 Å². The highest BCUT2D eigenvalue weighted by atomic mass is 16.5. The number of amides is 1. The van der Waals surface area contributed by atoms with E-state index < -0.39 is 0 Å². The molecule has 100 valence electrons. The number of methoxy groups -OCH3 is 1. The molecule has 0 radical (unpaired) electrons. The summed E-state index contributed by atoms with van der Waals surface area (Å²) in [7, 11) is 1.48. The standard InChI is InChI=1S/C14H11N3O3/c1-19-13-6-12(4-2-10(13)7-15)20-14-5-3-11(8-16-14)17-9-18/h2-6,8-9H,1H3,(H,17,18). The Labute approximate surface area is 115 Å². The van der Waals surface area contributed by atoms with E-state index in [-0.39, 0.29) is 0 Å². The summed E-state index contributed by atoms with van der Waals surface area (Å²) in [5.74, 6) is 1.31. The number of carbonyl (C=O) groups is 1. The molecule has 1 amide bonds. The highest BCUT2D eigenvalue weighted by Gasteiger charge is 2.06. The third-order valence-corrected chi connectivity index (χ3v) is 2.48. The van der Waals surface area contributed by atoms with Gasteiger partial charge >= 0.3 is 0 Å². The van der Waals surface area contributed by atoms with E-state index in [2.05, 4.69) is 10.3 Å². The number of aromatic nitrogens is 1. The number of nitriles is 1. The van der Waals surface area contributed by atoms with Crippen LogP contribution in [0.1, 0.15) is 5.56 Å². The fraction of sp³-hybridized carbons (Fsp3) is 0.0714. The van der Waals surface area contributed by atoms with E-state index >= 15 is 0 Å². The van der Waals surface area contributed by atoms with E-state index in [1.54, 1.807) is 30.3 Å². The second-order valence-corrected chi connectivity index (χ2v) is 3.72. The number of hydrogen-bond donors (Lipinski definition) is 1. The summed E-state index contributed by atoms with van der Waals surface area (Å²) >= 11 is 0. The molecule has 0 aliphatic rings. The molecular weight excluding hydrogens is 258 g/mol. The zero-order valence-electron chi connectivity index (χ0n) is 10.7. The molecule has 0 saturated heterocycles. The Bertz CT molecular complexity index is 648. The van der Waals surface area contributed by atoms with Crippen LogP contribution in [0.3, 0.4) is 0 Å². The topological polar surface area (TPSA) is 84.2 Å². The van der Waals surface area contributed by atoms with E-state index in [0.29, 0.717) is 35.0 Å².